The van der Waals surface area contributed by atoms with Gasteiger partial charge in [-0.15, -0.1) is 0 Å². The molecule has 1 aliphatic heterocycles. The Morgan fingerprint density at radius 1 is 1.02 bits per heavy atom. The zero-order chi connectivity index (χ0) is 30.6. The molecule has 226 valence electrons. The lowest BCUT2D eigenvalue weighted by Gasteiger charge is -2.38. The number of anilines is 1. The van der Waals surface area contributed by atoms with Gasteiger partial charge in [0.15, 0.2) is 0 Å². The minimum absolute atomic E-state index is 0.0396. The maximum Gasteiger partial charge on any atom is 0.417 e. The van der Waals surface area contributed by atoms with Crippen LogP contribution in [-0.4, -0.2) is 39.9 Å². The number of ether oxygens (including phenoxy) is 1. The molecule has 8 rings (SSSR count). The number of halogens is 5. The van der Waals surface area contributed by atoms with E-state index in [-0.39, 0.29) is 40.7 Å². The Hall–Kier alpha value is -3.73. The van der Waals surface area contributed by atoms with Crippen molar-refractivity contribution in [3.63, 3.8) is 0 Å². The lowest BCUT2D eigenvalue weighted by molar-refractivity contribution is -0.141. The van der Waals surface area contributed by atoms with E-state index in [0.29, 0.717) is 37.7 Å². The molecule has 3 aromatic rings. The van der Waals surface area contributed by atoms with Gasteiger partial charge in [0.25, 0.3) is 0 Å². The summed E-state index contributed by atoms with van der Waals surface area (Å²) in [7, 11) is 0. The monoisotopic (exact) mass is 600 g/mol. The Labute approximate surface area is 244 Å². The molecule has 0 radical (unpaired) electrons. The van der Waals surface area contributed by atoms with Crippen LogP contribution in [0.1, 0.15) is 60.8 Å². The van der Waals surface area contributed by atoms with Crippen LogP contribution in [0, 0.1) is 28.9 Å². The summed E-state index contributed by atoms with van der Waals surface area (Å²) in [4.78, 5) is 17.8. The van der Waals surface area contributed by atoms with Gasteiger partial charge in [0, 0.05) is 54.0 Å². The van der Waals surface area contributed by atoms with Crippen LogP contribution in [0.5, 0.6) is 5.88 Å². The van der Waals surface area contributed by atoms with Gasteiger partial charge in [-0.05, 0) is 85.5 Å². The first-order valence-electron chi connectivity index (χ1n) is 14.3. The number of carboxylic acids is 1. The molecule has 0 amide bonds. The van der Waals surface area contributed by atoms with Crippen LogP contribution in [0.3, 0.4) is 0 Å². The van der Waals surface area contributed by atoms with Crippen LogP contribution in [0.15, 0.2) is 42.6 Å². The quantitative estimate of drug-likeness (QED) is 0.301. The van der Waals surface area contributed by atoms with E-state index >= 15 is 4.39 Å². The van der Waals surface area contributed by atoms with Crippen LogP contribution >= 0.6 is 0 Å². The van der Waals surface area contributed by atoms with E-state index in [9.17, 15) is 32.6 Å². The maximum absolute atomic E-state index is 15.5. The summed E-state index contributed by atoms with van der Waals surface area (Å²) >= 11 is 0. The number of carboxylic acid groups (broad SMARTS) is 1. The van der Waals surface area contributed by atoms with Crippen LogP contribution < -0.4 is 9.64 Å². The number of aliphatic hydroxyl groups is 1. The molecule has 0 spiro atoms. The number of nitrogens with zero attached hydrogens (tertiary/aromatic N) is 2. The van der Waals surface area contributed by atoms with E-state index in [1.54, 1.807) is 32.2 Å². The number of alkyl halides is 3. The van der Waals surface area contributed by atoms with E-state index < -0.39 is 52.5 Å². The SMILES string of the molecule is CC(C)(O)C1CCN(c2ccc(-c3cc(COc4cc5c(cn4)[C@H]4[C@H]6C5[C@]64C(=O)O)c(F)cc3C(F)(F)F)c(F)c2)CC1. The van der Waals surface area contributed by atoms with E-state index in [0.717, 1.165) is 17.2 Å². The zero-order valence-corrected chi connectivity index (χ0v) is 23.4. The van der Waals surface area contributed by atoms with Crippen molar-refractivity contribution in [3.8, 4) is 17.0 Å². The van der Waals surface area contributed by atoms with Crippen molar-refractivity contribution in [2.45, 2.75) is 56.9 Å². The Kier molecular flexibility index (Phi) is 5.96. The summed E-state index contributed by atoms with van der Waals surface area (Å²) < 4.78 is 78.0. The molecule has 4 aliphatic carbocycles. The summed E-state index contributed by atoms with van der Waals surface area (Å²) in [6.45, 7) is 4.18. The fourth-order valence-electron chi connectivity index (χ4n) is 7.62. The van der Waals surface area contributed by atoms with Crippen molar-refractivity contribution in [1.29, 1.82) is 0 Å². The molecule has 2 heterocycles. The number of aromatic nitrogens is 1. The van der Waals surface area contributed by atoms with Gasteiger partial charge in [-0.3, -0.25) is 4.79 Å². The third-order valence-corrected chi connectivity index (χ3v) is 10.0. The highest BCUT2D eigenvalue weighted by molar-refractivity contribution is 5.93. The van der Waals surface area contributed by atoms with Crippen molar-refractivity contribution in [1.82, 2.24) is 4.98 Å². The predicted molar refractivity (Wildman–Crippen MR) is 146 cm³/mol. The second kappa shape index (κ2) is 9.14. The highest BCUT2D eigenvalue weighted by atomic mass is 19.4. The van der Waals surface area contributed by atoms with Crippen LogP contribution in [0.2, 0.25) is 0 Å². The molecule has 3 fully saturated rings. The summed E-state index contributed by atoms with van der Waals surface area (Å²) in [6.07, 6.45) is -2.01. The molecule has 1 unspecified atom stereocenters. The molecule has 2 N–H and O–H groups in total. The molecule has 43 heavy (non-hydrogen) atoms. The third kappa shape index (κ3) is 4.22. The van der Waals surface area contributed by atoms with Gasteiger partial charge in [-0.2, -0.15) is 13.2 Å². The zero-order valence-electron chi connectivity index (χ0n) is 23.4. The van der Waals surface area contributed by atoms with Crippen LogP contribution in [0.4, 0.5) is 27.6 Å². The maximum atomic E-state index is 15.5. The minimum Gasteiger partial charge on any atom is -0.481 e. The summed E-state index contributed by atoms with van der Waals surface area (Å²) in [5.74, 6) is -2.72. The second-order valence-electron chi connectivity index (χ2n) is 12.7. The van der Waals surface area contributed by atoms with Gasteiger partial charge >= 0.3 is 12.1 Å². The van der Waals surface area contributed by atoms with E-state index in [1.165, 1.54) is 12.1 Å². The van der Waals surface area contributed by atoms with Gasteiger partial charge in [-0.1, -0.05) is 0 Å². The second-order valence-corrected chi connectivity index (χ2v) is 12.7. The molecule has 2 saturated carbocycles. The third-order valence-electron chi connectivity index (χ3n) is 10.0. The lowest BCUT2D eigenvalue weighted by Crippen LogP contribution is -2.41. The predicted octanol–water partition coefficient (Wildman–Crippen LogP) is 6.51. The van der Waals surface area contributed by atoms with Crippen molar-refractivity contribution in [2.24, 2.45) is 17.3 Å². The molecule has 1 saturated heterocycles. The smallest absolute Gasteiger partial charge is 0.417 e. The Morgan fingerprint density at radius 2 is 1.72 bits per heavy atom. The molecule has 6 nitrogen and oxygen atoms in total. The van der Waals surface area contributed by atoms with E-state index in [4.69, 9.17) is 4.74 Å². The normalized spacial score (nSPS) is 25.8. The number of piperidine rings is 1. The van der Waals surface area contributed by atoms with Crippen LogP contribution in [0.25, 0.3) is 11.1 Å². The molecular formula is C32H29F5N2O4. The minimum atomic E-state index is -4.94. The molecule has 1 aromatic heterocycles. The van der Waals surface area contributed by atoms with Gasteiger partial charge in [0.1, 0.15) is 18.2 Å². The summed E-state index contributed by atoms with van der Waals surface area (Å²) in [6, 6.07) is 6.94. The van der Waals surface area contributed by atoms with Gasteiger partial charge in [0.2, 0.25) is 5.88 Å². The Bertz CT molecular complexity index is 1660. The first-order valence-corrected chi connectivity index (χ1v) is 14.3. The van der Waals surface area contributed by atoms with Crippen LogP contribution in [-0.2, 0) is 17.6 Å². The standard InChI is InChI=1S/C32H29F5N2O4/c1-30(2,42)16-5-7-39(8-6-16)17-3-4-18(24(34)10-17)19-9-15(23(33)12-22(19)32(35,36)37)14-43-25-11-20-21(13-38-25)27-28-26(20)31(27,28)29(40)41/h3-4,9-13,16,26-28,42H,5-8,14H2,1-2H3,(H,40,41)/t26?,27-,28+,31+/m0/s1. The first kappa shape index (κ1) is 28.1. The average molecular weight is 601 g/mol. The van der Waals surface area contributed by atoms with Crippen molar-refractivity contribution in [3.05, 3.63) is 76.5 Å². The highest BCUT2D eigenvalue weighted by Gasteiger charge is 2.95. The number of rotatable bonds is 7. The number of hydrogen-bond acceptors (Lipinski definition) is 5. The fraction of sp³-hybridized carbons (Fsp3) is 0.438. The van der Waals surface area contributed by atoms with Crippen molar-refractivity contribution < 1.29 is 41.7 Å². The number of pyridine rings is 1. The molecule has 11 heteroatoms. The lowest BCUT2D eigenvalue weighted by atomic mass is 9.83. The topological polar surface area (TPSA) is 82.9 Å². The summed E-state index contributed by atoms with van der Waals surface area (Å²) in [5, 5.41) is 19.9. The van der Waals surface area contributed by atoms with Crippen molar-refractivity contribution >= 4 is 11.7 Å². The Morgan fingerprint density at radius 3 is 2.33 bits per heavy atom. The summed E-state index contributed by atoms with van der Waals surface area (Å²) in [5.41, 5.74) is -1.68. The van der Waals surface area contributed by atoms with E-state index in [2.05, 4.69) is 4.98 Å². The molecule has 4 atom stereocenters. The van der Waals surface area contributed by atoms with Gasteiger partial charge in [0.05, 0.1) is 16.6 Å². The number of aliphatic carboxylic acids is 1. The highest BCUT2D eigenvalue weighted by Crippen LogP contribution is 2.96. The molecule has 2 aromatic carbocycles. The number of benzene rings is 2. The number of hydrogen-bond donors (Lipinski definition) is 2. The average Bonchev–Trinajstić information content (AvgIpc) is 3.74. The largest absolute Gasteiger partial charge is 0.481 e. The number of carbonyl (C=O) groups is 1. The van der Waals surface area contributed by atoms with Crippen molar-refractivity contribution in [2.75, 3.05) is 18.0 Å². The van der Waals surface area contributed by atoms with Gasteiger partial charge in [-0.25, -0.2) is 13.8 Å². The first-order chi connectivity index (χ1) is 20.2. The molecular weight excluding hydrogens is 571 g/mol. The molecule has 2 bridgehead atoms. The van der Waals surface area contributed by atoms with Gasteiger partial charge < -0.3 is 19.8 Å². The van der Waals surface area contributed by atoms with E-state index in [1.807, 2.05) is 4.90 Å². The fourth-order valence-corrected chi connectivity index (χ4v) is 7.62. The molecule has 5 aliphatic rings. The Balaban J connectivity index is 1.13.